The van der Waals surface area contributed by atoms with Crippen molar-refractivity contribution < 1.29 is 4.79 Å². The fourth-order valence-corrected chi connectivity index (χ4v) is 3.25. The Morgan fingerprint density at radius 1 is 1.27 bits per heavy atom. The highest BCUT2D eigenvalue weighted by atomic mass is 32.1. The molecule has 0 atom stereocenters. The van der Waals surface area contributed by atoms with Crippen LogP contribution in [0.5, 0.6) is 0 Å². The Balaban J connectivity index is 2.45. The Hall–Kier alpha value is -1.00. The lowest BCUT2D eigenvalue weighted by Gasteiger charge is -1.96. The van der Waals surface area contributed by atoms with Crippen molar-refractivity contribution in [2.75, 3.05) is 0 Å². The molecule has 0 bridgehead atoms. The molecule has 0 aliphatic rings. The van der Waals surface area contributed by atoms with Crippen molar-refractivity contribution in [2.24, 2.45) is 0 Å². The molecule has 2 nitrogen and oxygen atoms in total. The number of thiazole rings is 1. The minimum absolute atomic E-state index is 0.116. The van der Waals surface area contributed by atoms with Gasteiger partial charge >= 0.3 is 0 Å². The average molecular weight is 237 g/mol. The van der Waals surface area contributed by atoms with Gasteiger partial charge in [0.2, 0.25) is 5.78 Å². The predicted molar refractivity (Wildman–Crippen MR) is 64.1 cm³/mol. The van der Waals surface area contributed by atoms with E-state index in [1.54, 1.807) is 0 Å². The van der Waals surface area contributed by atoms with Crippen LogP contribution in [0.15, 0.2) is 11.4 Å². The van der Waals surface area contributed by atoms with Crippen LogP contribution in [0.1, 0.15) is 30.8 Å². The SMILES string of the molecule is Cc1nc(C)c(C(=O)c2sccc2C)s1. The normalized spacial score (nSPS) is 10.6. The topological polar surface area (TPSA) is 30.0 Å². The first kappa shape index (κ1) is 10.5. The molecule has 2 aromatic rings. The first-order valence-electron chi connectivity index (χ1n) is 4.62. The molecule has 0 unspecified atom stereocenters. The number of hydrogen-bond donors (Lipinski definition) is 0. The lowest BCUT2D eigenvalue weighted by Crippen LogP contribution is -1.99. The summed E-state index contributed by atoms with van der Waals surface area (Å²) in [5.41, 5.74) is 1.89. The van der Waals surface area contributed by atoms with E-state index in [1.807, 2.05) is 32.2 Å². The number of hydrogen-bond acceptors (Lipinski definition) is 4. The molecular weight excluding hydrogens is 226 g/mol. The van der Waals surface area contributed by atoms with E-state index in [0.29, 0.717) is 0 Å². The standard InChI is InChI=1S/C11H11NOS2/c1-6-4-5-14-10(6)9(13)11-7(2)12-8(3)15-11/h4-5H,1-3H3. The third kappa shape index (κ3) is 1.87. The fourth-order valence-electron chi connectivity index (χ4n) is 1.45. The van der Waals surface area contributed by atoms with E-state index in [9.17, 15) is 4.79 Å². The van der Waals surface area contributed by atoms with E-state index in [-0.39, 0.29) is 5.78 Å². The lowest BCUT2D eigenvalue weighted by molar-refractivity contribution is 0.104. The van der Waals surface area contributed by atoms with Crippen LogP contribution in [0.2, 0.25) is 0 Å². The van der Waals surface area contributed by atoms with Crippen LogP contribution in [-0.2, 0) is 0 Å². The number of ketones is 1. The van der Waals surface area contributed by atoms with Gasteiger partial charge in [0.1, 0.15) is 0 Å². The lowest BCUT2D eigenvalue weighted by atomic mass is 10.2. The largest absolute Gasteiger partial charge is 0.287 e. The molecule has 15 heavy (non-hydrogen) atoms. The summed E-state index contributed by atoms with van der Waals surface area (Å²) in [6, 6.07) is 1.97. The highest BCUT2D eigenvalue weighted by Gasteiger charge is 2.18. The average Bonchev–Trinajstić information content (AvgIpc) is 2.71. The molecule has 2 heterocycles. The molecule has 78 valence electrons. The quantitative estimate of drug-likeness (QED) is 0.750. The van der Waals surface area contributed by atoms with Crippen molar-refractivity contribution in [1.82, 2.24) is 4.98 Å². The fraction of sp³-hybridized carbons (Fsp3) is 0.273. The van der Waals surface area contributed by atoms with Crippen LogP contribution in [0.25, 0.3) is 0 Å². The second kappa shape index (κ2) is 3.87. The molecule has 0 saturated carbocycles. The number of carbonyl (C=O) groups excluding carboxylic acids is 1. The third-order valence-electron chi connectivity index (χ3n) is 2.18. The predicted octanol–water partition coefficient (Wildman–Crippen LogP) is 3.36. The van der Waals surface area contributed by atoms with E-state index in [2.05, 4.69) is 4.98 Å². The zero-order valence-corrected chi connectivity index (χ0v) is 10.5. The van der Waals surface area contributed by atoms with Crippen molar-refractivity contribution in [3.05, 3.63) is 37.5 Å². The molecule has 4 heteroatoms. The monoisotopic (exact) mass is 237 g/mol. The van der Waals surface area contributed by atoms with Gasteiger partial charge in [0.05, 0.1) is 20.5 Å². The molecular formula is C11H11NOS2. The van der Waals surface area contributed by atoms with Crippen LogP contribution in [0, 0.1) is 20.8 Å². The van der Waals surface area contributed by atoms with Crippen molar-refractivity contribution in [3.63, 3.8) is 0 Å². The molecule has 0 amide bonds. The highest BCUT2D eigenvalue weighted by molar-refractivity contribution is 7.16. The van der Waals surface area contributed by atoms with Crippen LogP contribution in [-0.4, -0.2) is 10.8 Å². The van der Waals surface area contributed by atoms with Gasteiger partial charge in [0, 0.05) is 0 Å². The Morgan fingerprint density at radius 2 is 2.00 bits per heavy atom. The summed E-state index contributed by atoms with van der Waals surface area (Å²) in [5, 5.41) is 2.90. The van der Waals surface area contributed by atoms with Crippen LogP contribution < -0.4 is 0 Å². The number of aromatic nitrogens is 1. The first-order chi connectivity index (χ1) is 7.09. The van der Waals surface area contributed by atoms with Crippen molar-refractivity contribution in [2.45, 2.75) is 20.8 Å². The molecule has 0 aliphatic heterocycles. The minimum atomic E-state index is 0.116. The van der Waals surface area contributed by atoms with Crippen LogP contribution in [0.4, 0.5) is 0 Å². The van der Waals surface area contributed by atoms with Gasteiger partial charge in [-0.1, -0.05) is 0 Å². The third-order valence-corrected chi connectivity index (χ3v) is 4.26. The van der Waals surface area contributed by atoms with E-state index >= 15 is 0 Å². The van der Waals surface area contributed by atoms with Crippen LogP contribution >= 0.6 is 22.7 Å². The molecule has 0 spiro atoms. The van der Waals surface area contributed by atoms with Gasteiger partial charge in [-0.05, 0) is 37.8 Å². The number of thiophene rings is 1. The van der Waals surface area contributed by atoms with E-state index in [4.69, 9.17) is 0 Å². The summed E-state index contributed by atoms with van der Waals surface area (Å²) >= 11 is 2.98. The molecule has 0 saturated heterocycles. The van der Waals surface area contributed by atoms with Gasteiger partial charge in [-0.15, -0.1) is 22.7 Å². The van der Waals surface area contributed by atoms with Gasteiger partial charge in [-0.2, -0.15) is 0 Å². The minimum Gasteiger partial charge on any atom is -0.287 e. The first-order valence-corrected chi connectivity index (χ1v) is 6.32. The summed E-state index contributed by atoms with van der Waals surface area (Å²) in [6.45, 7) is 5.78. The van der Waals surface area contributed by atoms with Crippen molar-refractivity contribution in [3.8, 4) is 0 Å². The molecule has 0 N–H and O–H groups in total. The Morgan fingerprint density at radius 3 is 2.47 bits per heavy atom. The smallest absolute Gasteiger partial charge is 0.215 e. The second-order valence-electron chi connectivity index (χ2n) is 3.41. The number of rotatable bonds is 2. The summed E-state index contributed by atoms with van der Waals surface area (Å²) < 4.78 is 0. The maximum Gasteiger partial charge on any atom is 0.215 e. The maximum atomic E-state index is 12.1. The highest BCUT2D eigenvalue weighted by Crippen LogP contribution is 2.25. The molecule has 0 aliphatic carbocycles. The zero-order chi connectivity index (χ0) is 11.0. The zero-order valence-electron chi connectivity index (χ0n) is 8.83. The number of carbonyl (C=O) groups is 1. The van der Waals surface area contributed by atoms with Gasteiger partial charge in [0.25, 0.3) is 0 Å². The van der Waals surface area contributed by atoms with Gasteiger partial charge in [-0.3, -0.25) is 4.79 Å². The van der Waals surface area contributed by atoms with E-state index in [0.717, 1.165) is 26.0 Å². The summed E-state index contributed by atoms with van der Waals surface area (Å²) in [4.78, 5) is 18.0. The second-order valence-corrected chi connectivity index (χ2v) is 5.53. The van der Waals surface area contributed by atoms with E-state index in [1.165, 1.54) is 22.7 Å². The van der Waals surface area contributed by atoms with Crippen LogP contribution in [0.3, 0.4) is 0 Å². The van der Waals surface area contributed by atoms with E-state index < -0.39 is 0 Å². The van der Waals surface area contributed by atoms with Crippen molar-refractivity contribution >= 4 is 28.5 Å². The van der Waals surface area contributed by atoms with Crippen molar-refractivity contribution in [1.29, 1.82) is 0 Å². The van der Waals surface area contributed by atoms with Gasteiger partial charge < -0.3 is 0 Å². The summed E-state index contributed by atoms with van der Waals surface area (Å²) in [7, 11) is 0. The molecule has 0 fully saturated rings. The van der Waals surface area contributed by atoms with Gasteiger partial charge in [-0.25, -0.2) is 4.98 Å². The Bertz CT molecular complexity index is 510. The number of nitrogens with zero attached hydrogens (tertiary/aromatic N) is 1. The maximum absolute atomic E-state index is 12.1. The summed E-state index contributed by atoms with van der Waals surface area (Å²) in [6.07, 6.45) is 0. The number of aryl methyl sites for hydroxylation is 3. The molecule has 2 aromatic heterocycles. The Labute approximate surface area is 96.6 Å². The molecule has 0 radical (unpaired) electrons. The molecule has 0 aromatic carbocycles. The Kier molecular flexibility index (Phi) is 2.71. The molecule has 2 rings (SSSR count). The van der Waals surface area contributed by atoms with Gasteiger partial charge in [0.15, 0.2) is 0 Å². The summed E-state index contributed by atoms with van der Waals surface area (Å²) in [5.74, 6) is 0.116.